The number of nitrogens with zero attached hydrogens (tertiary/aromatic N) is 3. The van der Waals surface area contributed by atoms with E-state index in [0.717, 1.165) is 31.9 Å². The van der Waals surface area contributed by atoms with Crippen molar-refractivity contribution in [1.82, 2.24) is 14.7 Å². The summed E-state index contributed by atoms with van der Waals surface area (Å²) >= 11 is 0. The van der Waals surface area contributed by atoms with Gasteiger partial charge in [0.05, 0.1) is 0 Å². The average Bonchev–Trinajstić information content (AvgIpc) is 2.70. The lowest BCUT2D eigenvalue weighted by Crippen LogP contribution is -2.57. The lowest BCUT2D eigenvalue weighted by molar-refractivity contribution is 0.0346. The number of para-hydroxylation sites is 1. The van der Waals surface area contributed by atoms with Crippen LogP contribution < -0.4 is 4.74 Å². The number of piperazine rings is 1. The second-order valence-electron chi connectivity index (χ2n) is 9.75. The van der Waals surface area contributed by atoms with E-state index in [4.69, 9.17) is 4.74 Å². The number of aliphatic hydroxyl groups excluding tert-OH is 1. The summed E-state index contributed by atoms with van der Waals surface area (Å²) in [5.74, 6) is 0.906. The number of aliphatic hydroxyl groups is 1. The molecule has 1 aliphatic carbocycles. The molecule has 1 saturated heterocycles. The molecule has 1 aromatic carbocycles. The molecule has 0 amide bonds. The normalized spacial score (nSPS) is 22.7. The topological polar surface area (TPSA) is 39.2 Å². The number of rotatable bonds is 8. The summed E-state index contributed by atoms with van der Waals surface area (Å²) in [7, 11) is 4.35. The zero-order valence-corrected chi connectivity index (χ0v) is 18.9. The van der Waals surface area contributed by atoms with E-state index < -0.39 is 6.10 Å². The van der Waals surface area contributed by atoms with Crippen LogP contribution in [0.3, 0.4) is 0 Å². The molecule has 1 aliphatic heterocycles. The molecule has 0 spiro atoms. The van der Waals surface area contributed by atoms with Gasteiger partial charge in [-0.2, -0.15) is 0 Å². The fourth-order valence-electron chi connectivity index (χ4n) is 4.73. The van der Waals surface area contributed by atoms with Crippen LogP contribution in [-0.4, -0.2) is 84.4 Å². The number of hydrogen-bond acceptors (Lipinski definition) is 5. The Hall–Kier alpha value is -1.14. The number of hydrogen-bond donors (Lipinski definition) is 1. The van der Waals surface area contributed by atoms with Gasteiger partial charge in [-0.05, 0) is 46.9 Å². The van der Waals surface area contributed by atoms with E-state index in [-0.39, 0.29) is 5.54 Å². The van der Waals surface area contributed by atoms with E-state index in [0.29, 0.717) is 19.2 Å². The van der Waals surface area contributed by atoms with E-state index in [9.17, 15) is 5.11 Å². The summed E-state index contributed by atoms with van der Waals surface area (Å²) in [4.78, 5) is 7.27. The smallest absolute Gasteiger partial charge is 0.123 e. The maximum atomic E-state index is 10.5. The van der Waals surface area contributed by atoms with Gasteiger partial charge in [0.25, 0.3) is 0 Å². The first-order valence-electron chi connectivity index (χ1n) is 11.4. The summed E-state index contributed by atoms with van der Waals surface area (Å²) in [6.07, 6.45) is 6.05. The largest absolute Gasteiger partial charge is 0.491 e. The van der Waals surface area contributed by atoms with Crippen LogP contribution in [-0.2, 0) is 6.54 Å². The SMILES string of the molecule is CN(CC(O)COc1ccccc1CN1CCN(C)C(C)(C)C1)C1CCCCC1. The highest BCUT2D eigenvalue weighted by Crippen LogP contribution is 2.25. The third kappa shape index (κ3) is 6.42. The van der Waals surface area contributed by atoms with Gasteiger partial charge in [-0.25, -0.2) is 0 Å². The fourth-order valence-corrected chi connectivity index (χ4v) is 4.73. The average molecular weight is 404 g/mol. The van der Waals surface area contributed by atoms with Crippen molar-refractivity contribution < 1.29 is 9.84 Å². The highest BCUT2D eigenvalue weighted by Gasteiger charge is 2.31. The zero-order valence-electron chi connectivity index (χ0n) is 18.9. The number of ether oxygens (including phenoxy) is 1. The van der Waals surface area contributed by atoms with Crippen LogP contribution in [0.4, 0.5) is 0 Å². The summed E-state index contributed by atoms with van der Waals surface area (Å²) in [6, 6.07) is 8.91. The van der Waals surface area contributed by atoms with Crippen molar-refractivity contribution in [3.8, 4) is 5.75 Å². The van der Waals surface area contributed by atoms with Crippen molar-refractivity contribution in [2.24, 2.45) is 0 Å². The molecular weight excluding hydrogens is 362 g/mol. The molecule has 29 heavy (non-hydrogen) atoms. The van der Waals surface area contributed by atoms with Crippen LogP contribution in [0.1, 0.15) is 51.5 Å². The standard InChI is InChI=1S/C24H41N3O2/c1-24(2)19-27(15-14-26(24)4)16-20-10-8-9-13-23(20)29-18-22(28)17-25(3)21-11-6-5-7-12-21/h8-10,13,21-22,28H,5-7,11-12,14-19H2,1-4H3. The van der Waals surface area contributed by atoms with Crippen LogP contribution >= 0.6 is 0 Å². The molecule has 0 bridgehead atoms. The molecule has 1 atom stereocenters. The Bertz CT molecular complexity index is 630. The Morgan fingerprint density at radius 1 is 1.17 bits per heavy atom. The van der Waals surface area contributed by atoms with E-state index in [1.165, 1.54) is 37.7 Å². The van der Waals surface area contributed by atoms with Crippen LogP contribution in [0.2, 0.25) is 0 Å². The van der Waals surface area contributed by atoms with Crippen molar-refractivity contribution in [2.75, 3.05) is 46.9 Å². The quantitative estimate of drug-likeness (QED) is 0.722. The molecule has 3 rings (SSSR count). The molecular formula is C24H41N3O2. The predicted molar refractivity (Wildman–Crippen MR) is 119 cm³/mol. The molecule has 164 valence electrons. The molecule has 1 aromatic rings. The van der Waals surface area contributed by atoms with Crippen LogP contribution in [0, 0.1) is 0 Å². The van der Waals surface area contributed by atoms with Crippen molar-refractivity contribution in [2.45, 2.75) is 70.2 Å². The third-order valence-electron chi connectivity index (χ3n) is 6.89. The van der Waals surface area contributed by atoms with Gasteiger partial charge in [0.2, 0.25) is 0 Å². The van der Waals surface area contributed by atoms with E-state index in [2.05, 4.69) is 54.8 Å². The minimum absolute atomic E-state index is 0.188. The Labute approximate surface area is 177 Å². The van der Waals surface area contributed by atoms with E-state index >= 15 is 0 Å². The van der Waals surface area contributed by atoms with E-state index in [1.54, 1.807) is 0 Å². The van der Waals surface area contributed by atoms with Gasteiger partial charge in [0.15, 0.2) is 0 Å². The van der Waals surface area contributed by atoms with Gasteiger partial charge < -0.3 is 14.7 Å². The predicted octanol–water partition coefficient (Wildman–Crippen LogP) is 3.22. The van der Waals surface area contributed by atoms with Gasteiger partial charge in [0.1, 0.15) is 18.5 Å². The number of likely N-dealkylation sites (N-methyl/N-ethyl adjacent to an activating group) is 2. The van der Waals surface area contributed by atoms with Gasteiger partial charge >= 0.3 is 0 Å². The van der Waals surface area contributed by atoms with Gasteiger partial charge in [-0.1, -0.05) is 37.5 Å². The van der Waals surface area contributed by atoms with Crippen molar-refractivity contribution in [1.29, 1.82) is 0 Å². The summed E-state index contributed by atoms with van der Waals surface area (Å²) < 4.78 is 6.09. The summed E-state index contributed by atoms with van der Waals surface area (Å²) in [5.41, 5.74) is 1.40. The zero-order chi connectivity index (χ0) is 20.9. The highest BCUT2D eigenvalue weighted by atomic mass is 16.5. The molecule has 0 radical (unpaired) electrons. The second kappa shape index (κ2) is 10.3. The second-order valence-corrected chi connectivity index (χ2v) is 9.75. The minimum Gasteiger partial charge on any atom is -0.491 e. The number of benzene rings is 1. The molecule has 1 unspecified atom stereocenters. The summed E-state index contributed by atoms with van der Waals surface area (Å²) in [5, 5.41) is 10.5. The first-order valence-corrected chi connectivity index (χ1v) is 11.4. The molecule has 0 aromatic heterocycles. The molecule has 1 saturated carbocycles. The first-order chi connectivity index (χ1) is 13.8. The first kappa shape index (κ1) is 22.5. The lowest BCUT2D eigenvalue weighted by Gasteiger charge is -2.45. The van der Waals surface area contributed by atoms with Crippen LogP contribution in [0.15, 0.2) is 24.3 Å². The Kier molecular flexibility index (Phi) is 7.97. The van der Waals surface area contributed by atoms with Gasteiger partial charge in [-0.15, -0.1) is 0 Å². The molecule has 2 fully saturated rings. The summed E-state index contributed by atoms with van der Waals surface area (Å²) in [6.45, 7) is 9.74. The molecule has 5 nitrogen and oxygen atoms in total. The van der Waals surface area contributed by atoms with E-state index in [1.807, 2.05) is 12.1 Å². The minimum atomic E-state index is -0.461. The third-order valence-corrected chi connectivity index (χ3v) is 6.89. The monoisotopic (exact) mass is 403 g/mol. The Morgan fingerprint density at radius 2 is 1.90 bits per heavy atom. The van der Waals surface area contributed by atoms with Crippen molar-refractivity contribution >= 4 is 0 Å². The molecule has 5 heteroatoms. The van der Waals surface area contributed by atoms with Crippen molar-refractivity contribution in [3.05, 3.63) is 29.8 Å². The lowest BCUT2D eigenvalue weighted by atomic mass is 9.94. The molecule has 1 N–H and O–H groups in total. The maximum absolute atomic E-state index is 10.5. The van der Waals surface area contributed by atoms with Crippen LogP contribution in [0.5, 0.6) is 5.75 Å². The maximum Gasteiger partial charge on any atom is 0.123 e. The Morgan fingerprint density at radius 3 is 2.62 bits per heavy atom. The fraction of sp³-hybridized carbons (Fsp3) is 0.750. The highest BCUT2D eigenvalue weighted by molar-refractivity contribution is 5.33. The van der Waals surface area contributed by atoms with Crippen LogP contribution in [0.25, 0.3) is 0 Å². The van der Waals surface area contributed by atoms with Crippen molar-refractivity contribution in [3.63, 3.8) is 0 Å². The molecule has 2 aliphatic rings. The van der Waals surface area contributed by atoms with Gasteiger partial charge in [0, 0.05) is 49.9 Å². The molecule has 1 heterocycles. The Balaban J connectivity index is 1.51. The van der Waals surface area contributed by atoms with Gasteiger partial charge in [-0.3, -0.25) is 9.80 Å².